The summed E-state index contributed by atoms with van der Waals surface area (Å²) in [4.78, 5) is 26.7. The zero-order valence-electron chi connectivity index (χ0n) is 17.8. The third kappa shape index (κ3) is 6.23. The van der Waals surface area contributed by atoms with Gasteiger partial charge in [-0.15, -0.1) is 0 Å². The number of anilines is 1. The standard InChI is InChI=1S/C24H29ClN2O3/c1-24(2,3)30-23(29)26-19-9-10-20(21(25)16-19)22(28)27-13-11-18(12-14-27)15-17-7-5-4-6-8-17/h4-10,16,18H,11-15H2,1-3H3,(H,26,29). The number of carbonyl (C=O) groups excluding carboxylic acids is 2. The largest absolute Gasteiger partial charge is 0.444 e. The van der Waals surface area contributed by atoms with Crippen LogP contribution in [0.5, 0.6) is 0 Å². The number of rotatable bonds is 4. The molecule has 6 heteroatoms. The highest BCUT2D eigenvalue weighted by Crippen LogP contribution is 2.26. The first kappa shape index (κ1) is 22.2. The number of piperidine rings is 1. The maximum absolute atomic E-state index is 12.9. The Morgan fingerprint density at radius 2 is 1.77 bits per heavy atom. The van der Waals surface area contributed by atoms with E-state index in [2.05, 4.69) is 29.6 Å². The summed E-state index contributed by atoms with van der Waals surface area (Å²) in [7, 11) is 0. The Balaban J connectivity index is 1.56. The van der Waals surface area contributed by atoms with E-state index in [1.165, 1.54) is 5.56 Å². The fourth-order valence-electron chi connectivity index (χ4n) is 3.65. The summed E-state index contributed by atoms with van der Waals surface area (Å²) in [5.41, 5.74) is 1.70. The highest BCUT2D eigenvalue weighted by molar-refractivity contribution is 6.34. The lowest BCUT2D eigenvalue weighted by Gasteiger charge is -2.32. The predicted molar refractivity (Wildman–Crippen MR) is 120 cm³/mol. The molecule has 0 radical (unpaired) electrons. The van der Waals surface area contributed by atoms with Crippen molar-refractivity contribution in [2.24, 2.45) is 5.92 Å². The zero-order valence-corrected chi connectivity index (χ0v) is 18.5. The van der Waals surface area contributed by atoms with Gasteiger partial charge in [-0.3, -0.25) is 10.1 Å². The van der Waals surface area contributed by atoms with E-state index in [-0.39, 0.29) is 5.91 Å². The summed E-state index contributed by atoms with van der Waals surface area (Å²) >= 11 is 6.36. The van der Waals surface area contributed by atoms with Crippen LogP contribution in [0, 0.1) is 5.92 Å². The molecule has 0 bridgehead atoms. The predicted octanol–water partition coefficient (Wildman–Crippen LogP) is 5.78. The van der Waals surface area contributed by atoms with Crippen molar-refractivity contribution < 1.29 is 14.3 Å². The van der Waals surface area contributed by atoms with Crippen LogP contribution in [-0.4, -0.2) is 35.6 Å². The lowest BCUT2D eigenvalue weighted by atomic mass is 9.90. The van der Waals surface area contributed by atoms with E-state index >= 15 is 0 Å². The number of likely N-dealkylation sites (tertiary alicyclic amines) is 1. The van der Waals surface area contributed by atoms with Crippen LogP contribution in [-0.2, 0) is 11.2 Å². The molecule has 2 aromatic carbocycles. The van der Waals surface area contributed by atoms with Gasteiger partial charge in [0.25, 0.3) is 5.91 Å². The molecule has 0 aliphatic carbocycles. The molecule has 0 atom stereocenters. The first-order valence-electron chi connectivity index (χ1n) is 10.3. The van der Waals surface area contributed by atoms with Crippen LogP contribution in [0.3, 0.4) is 0 Å². The van der Waals surface area contributed by atoms with Crippen LogP contribution in [0.25, 0.3) is 0 Å². The molecule has 1 heterocycles. The van der Waals surface area contributed by atoms with Crippen molar-refractivity contribution in [1.29, 1.82) is 0 Å². The van der Waals surface area contributed by atoms with Gasteiger partial charge in [-0.05, 0) is 69.7 Å². The number of benzene rings is 2. The Kier molecular flexibility index (Phi) is 7.03. The van der Waals surface area contributed by atoms with Crippen molar-refractivity contribution in [3.05, 3.63) is 64.7 Å². The molecule has 1 aliphatic heterocycles. The maximum atomic E-state index is 12.9. The molecule has 0 unspecified atom stereocenters. The lowest BCUT2D eigenvalue weighted by Crippen LogP contribution is -2.39. The molecule has 1 saturated heterocycles. The molecule has 1 N–H and O–H groups in total. The molecule has 2 amide bonds. The van der Waals surface area contributed by atoms with Gasteiger partial charge in [-0.1, -0.05) is 41.9 Å². The number of hydrogen-bond donors (Lipinski definition) is 1. The van der Waals surface area contributed by atoms with Crippen molar-refractivity contribution in [2.45, 2.75) is 45.6 Å². The fraction of sp³-hybridized carbons (Fsp3) is 0.417. The molecule has 1 aliphatic rings. The third-order valence-corrected chi connectivity index (χ3v) is 5.43. The Morgan fingerprint density at radius 3 is 2.37 bits per heavy atom. The topological polar surface area (TPSA) is 58.6 Å². The van der Waals surface area contributed by atoms with Gasteiger partial charge in [0.2, 0.25) is 0 Å². The van der Waals surface area contributed by atoms with Crippen LogP contribution in [0.1, 0.15) is 49.5 Å². The minimum Gasteiger partial charge on any atom is -0.444 e. The van der Waals surface area contributed by atoms with E-state index in [1.54, 1.807) is 39.0 Å². The second-order valence-electron chi connectivity index (χ2n) is 8.75. The number of ether oxygens (including phenoxy) is 1. The van der Waals surface area contributed by atoms with Gasteiger partial charge in [0.05, 0.1) is 10.6 Å². The molecule has 5 nitrogen and oxygen atoms in total. The van der Waals surface area contributed by atoms with E-state index in [9.17, 15) is 9.59 Å². The Hall–Kier alpha value is -2.53. The van der Waals surface area contributed by atoms with Crippen molar-refractivity contribution in [2.75, 3.05) is 18.4 Å². The van der Waals surface area contributed by atoms with Crippen LogP contribution >= 0.6 is 11.6 Å². The third-order valence-electron chi connectivity index (χ3n) is 5.11. The van der Waals surface area contributed by atoms with Crippen molar-refractivity contribution in [3.63, 3.8) is 0 Å². The summed E-state index contributed by atoms with van der Waals surface area (Å²) in [6, 6.07) is 15.4. The lowest BCUT2D eigenvalue weighted by molar-refractivity contribution is 0.0635. The van der Waals surface area contributed by atoms with Gasteiger partial charge in [-0.2, -0.15) is 0 Å². The van der Waals surface area contributed by atoms with E-state index in [4.69, 9.17) is 16.3 Å². The molecule has 2 aromatic rings. The van der Waals surface area contributed by atoms with Crippen LogP contribution in [0.4, 0.5) is 10.5 Å². The number of nitrogens with one attached hydrogen (secondary N) is 1. The summed E-state index contributed by atoms with van der Waals surface area (Å²) in [6.45, 7) is 6.84. The summed E-state index contributed by atoms with van der Waals surface area (Å²) in [5.74, 6) is 0.523. The molecule has 0 spiro atoms. The monoisotopic (exact) mass is 428 g/mol. The van der Waals surface area contributed by atoms with Crippen molar-refractivity contribution in [3.8, 4) is 0 Å². The highest BCUT2D eigenvalue weighted by Gasteiger charge is 2.25. The van der Waals surface area contributed by atoms with Gasteiger partial charge in [0.15, 0.2) is 0 Å². The van der Waals surface area contributed by atoms with Crippen molar-refractivity contribution >= 4 is 29.3 Å². The van der Waals surface area contributed by atoms with Gasteiger partial charge in [-0.25, -0.2) is 4.79 Å². The summed E-state index contributed by atoms with van der Waals surface area (Å²) in [6.07, 6.45) is 2.46. The normalized spacial score (nSPS) is 15.0. The first-order chi connectivity index (χ1) is 14.2. The number of hydrogen-bond acceptors (Lipinski definition) is 3. The molecule has 1 fully saturated rings. The van der Waals surface area contributed by atoms with Gasteiger partial charge in [0.1, 0.15) is 5.60 Å². The summed E-state index contributed by atoms with van der Waals surface area (Å²) in [5, 5.41) is 2.96. The minimum absolute atomic E-state index is 0.0676. The summed E-state index contributed by atoms with van der Waals surface area (Å²) < 4.78 is 5.24. The smallest absolute Gasteiger partial charge is 0.412 e. The molecule has 0 aromatic heterocycles. The number of halogens is 1. The molecular weight excluding hydrogens is 400 g/mol. The molecule has 3 rings (SSSR count). The minimum atomic E-state index is -0.587. The van der Waals surface area contributed by atoms with Gasteiger partial charge in [0, 0.05) is 18.8 Å². The second-order valence-corrected chi connectivity index (χ2v) is 9.15. The average molecular weight is 429 g/mol. The molecule has 160 valence electrons. The zero-order chi connectivity index (χ0) is 21.7. The van der Waals surface area contributed by atoms with E-state index < -0.39 is 11.7 Å². The number of nitrogens with zero attached hydrogens (tertiary/aromatic N) is 1. The Bertz CT molecular complexity index is 885. The van der Waals surface area contributed by atoms with Crippen LogP contribution in [0.2, 0.25) is 5.02 Å². The Morgan fingerprint density at radius 1 is 1.10 bits per heavy atom. The van der Waals surface area contributed by atoms with Crippen molar-refractivity contribution in [1.82, 2.24) is 4.90 Å². The van der Waals surface area contributed by atoms with E-state index in [1.807, 2.05) is 11.0 Å². The first-order valence-corrected chi connectivity index (χ1v) is 10.7. The number of carbonyl (C=O) groups is 2. The quantitative estimate of drug-likeness (QED) is 0.671. The molecular formula is C24H29ClN2O3. The van der Waals surface area contributed by atoms with Crippen LogP contribution < -0.4 is 5.32 Å². The fourth-order valence-corrected chi connectivity index (χ4v) is 3.91. The van der Waals surface area contributed by atoms with Gasteiger partial charge < -0.3 is 9.64 Å². The maximum Gasteiger partial charge on any atom is 0.412 e. The van der Waals surface area contributed by atoms with E-state index in [0.717, 1.165) is 32.4 Å². The second kappa shape index (κ2) is 9.52. The van der Waals surface area contributed by atoms with Gasteiger partial charge >= 0.3 is 6.09 Å². The number of amides is 2. The highest BCUT2D eigenvalue weighted by atomic mass is 35.5. The molecule has 0 saturated carbocycles. The Labute approximate surface area is 183 Å². The average Bonchev–Trinajstić information content (AvgIpc) is 2.67. The molecule has 30 heavy (non-hydrogen) atoms. The SMILES string of the molecule is CC(C)(C)OC(=O)Nc1ccc(C(=O)N2CCC(Cc3ccccc3)CC2)c(Cl)c1. The van der Waals surface area contributed by atoms with Crippen LogP contribution in [0.15, 0.2) is 48.5 Å². The van der Waals surface area contributed by atoms with E-state index in [0.29, 0.717) is 22.2 Å².